The first-order valence-electron chi connectivity index (χ1n) is 9.15. The summed E-state index contributed by atoms with van der Waals surface area (Å²) in [4.78, 5) is 26.3. The highest BCUT2D eigenvalue weighted by atomic mass is 32.1. The number of thiophene rings is 1. The number of ether oxygens (including phenoxy) is 2. The highest BCUT2D eigenvalue weighted by Gasteiger charge is 2.20. The van der Waals surface area contributed by atoms with E-state index in [2.05, 4.69) is 5.32 Å². The second-order valence-electron chi connectivity index (χ2n) is 7.40. The number of hydrogen-bond acceptors (Lipinski definition) is 5. The van der Waals surface area contributed by atoms with Gasteiger partial charge >= 0.3 is 5.97 Å². The molecule has 0 bridgehead atoms. The fourth-order valence-corrected chi connectivity index (χ4v) is 3.56. The first-order valence-corrected chi connectivity index (χ1v) is 9.96. The molecule has 0 radical (unpaired) electrons. The molecule has 0 aliphatic carbocycles. The Morgan fingerprint density at radius 3 is 2.34 bits per heavy atom. The fourth-order valence-electron chi connectivity index (χ4n) is 2.68. The van der Waals surface area contributed by atoms with Gasteiger partial charge in [-0.05, 0) is 62.7 Å². The average molecular weight is 410 g/mol. The molecule has 6 heteroatoms. The SMILES string of the molecule is COc1cc(-c2ccc(C(=O)OC(C)(C)C)s2)ccc1C(=O)Nc1ccccc1. The van der Waals surface area contributed by atoms with E-state index in [0.29, 0.717) is 21.9 Å². The zero-order chi connectivity index (χ0) is 21.0. The quantitative estimate of drug-likeness (QED) is 0.555. The van der Waals surface area contributed by atoms with E-state index in [1.165, 1.54) is 18.4 Å². The van der Waals surface area contributed by atoms with Crippen molar-refractivity contribution in [3.63, 3.8) is 0 Å². The highest BCUT2D eigenvalue weighted by Crippen LogP contribution is 2.33. The molecule has 2 aromatic carbocycles. The first-order chi connectivity index (χ1) is 13.8. The third-order valence-corrected chi connectivity index (χ3v) is 5.08. The van der Waals surface area contributed by atoms with Crippen LogP contribution >= 0.6 is 11.3 Å². The second kappa shape index (κ2) is 8.49. The summed E-state index contributed by atoms with van der Waals surface area (Å²) in [5.74, 6) is -0.136. The van der Waals surface area contributed by atoms with Gasteiger partial charge in [0.15, 0.2) is 0 Å². The lowest BCUT2D eigenvalue weighted by atomic mass is 10.1. The molecular weight excluding hydrogens is 386 g/mol. The number of rotatable bonds is 5. The third kappa shape index (κ3) is 5.23. The molecule has 150 valence electrons. The maximum Gasteiger partial charge on any atom is 0.348 e. The van der Waals surface area contributed by atoms with E-state index in [1.807, 2.05) is 63.2 Å². The minimum Gasteiger partial charge on any atom is -0.496 e. The van der Waals surface area contributed by atoms with Crippen LogP contribution in [0.3, 0.4) is 0 Å². The van der Waals surface area contributed by atoms with Crippen LogP contribution in [-0.2, 0) is 4.74 Å². The van der Waals surface area contributed by atoms with Crippen LogP contribution in [0.5, 0.6) is 5.75 Å². The number of nitrogens with one attached hydrogen (secondary N) is 1. The van der Waals surface area contributed by atoms with Gasteiger partial charge < -0.3 is 14.8 Å². The van der Waals surface area contributed by atoms with Crippen LogP contribution in [-0.4, -0.2) is 24.6 Å². The van der Waals surface area contributed by atoms with Crippen molar-refractivity contribution in [3.05, 3.63) is 71.1 Å². The number of anilines is 1. The Morgan fingerprint density at radius 2 is 1.69 bits per heavy atom. The molecule has 1 heterocycles. The van der Waals surface area contributed by atoms with Crippen LogP contribution in [0.2, 0.25) is 0 Å². The van der Waals surface area contributed by atoms with Gasteiger partial charge in [-0.1, -0.05) is 24.3 Å². The van der Waals surface area contributed by atoms with E-state index in [0.717, 1.165) is 10.4 Å². The molecule has 0 aliphatic heterocycles. The maximum absolute atomic E-state index is 12.6. The molecule has 3 aromatic rings. The van der Waals surface area contributed by atoms with Gasteiger partial charge in [0.2, 0.25) is 0 Å². The summed E-state index contributed by atoms with van der Waals surface area (Å²) in [7, 11) is 1.53. The zero-order valence-electron chi connectivity index (χ0n) is 16.8. The molecule has 1 aromatic heterocycles. The Hall–Kier alpha value is -3.12. The topological polar surface area (TPSA) is 64.6 Å². The van der Waals surface area contributed by atoms with E-state index >= 15 is 0 Å². The molecule has 5 nitrogen and oxygen atoms in total. The predicted molar refractivity (Wildman–Crippen MR) is 116 cm³/mol. The van der Waals surface area contributed by atoms with Crippen LogP contribution in [0, 0.1) is 0 Å². The lowest BCUT2D eigenvalue weighted by Gasteiger charge is -2.18. The van der Waals surface area contributed by atoms with Crippen LogP contribution in [0.15, 0.2) is 60.7 Å². The van der Waals surface area contributed by atoms with Gasteiger partial charge in [-0.25, -0.2) is 4.79 Å². The molecule has 1 N–H and O–H groups in total. The number of carbonyl (C=O) groups is 2. The fraction of sp³-hybridized carbons (Fsp3) is 0.217. The van der Waals surface area contributed by atoms with E-state index < -0.39 is 5.60 Å². The van der Waals surface area contributed by atoms with Gasteiger partial charge in [0.05, 0.1) is 12.7 Å². The van der Waals surface area contributed by atoms with Crippen LogP contribution in [0.1, 0.15) is 40.8 Å². The molecule has 0 aliphatic rings. The van der Waals surface area contributed by atoms with Gasteiger partial charge in [0.1, 0.15) is 16.2 Å². The number of hydrogen-bond donors (Lipinski definition) is 1. The smallest absolute Gasteiger partial charge is 0.348 e. The van der Waals surface area contributed by atoms with Gasteiger partial charge in [-0.3, -0.25) is 4.79 Å². The third-order valence-electron chi connectivity index (χ3n) is 3.97. The van der Waals surface area contributed by atoms with Crippen molar-refractivity contribution in [2.75, 3.05) is 12.4 Å². The standard InChI is InChI=1S/C23H23NO4S/c1-23(2,3)28-22(26)20-13-12-19(29-20)15-10-11-17(18(14-15)27-4)21(25)24-16-8-6-5-7-9-16/h5-14H,1-4H3,(H,24,25). The van der Waals surface area contributed by atoms with Crippen LogP contribution in [0.25, 0.3) is 10.4 Å². The molecule has 0 atom stereocenters. The van der Waals surface area contributed by atoms with Crippen molar-refractivity contribution in [2.45, 2.75) is 26.4 Å². The first kappa shape index (κ1) is 20.6. The number of amides is 1. The van der Waals surface area contributed by atoms with E-state index in [4.69, 9.17) is 9.47 Å². The molecule has 29 heavy (non-hydrogen) atoms. The normalized spacial score (nSPS) is 11.0. The monoisotopic (exact) mass is 409 g/mol. The Kier molecular flexibility index (Phi) is 6.03. The molecule has 0 fully saturated rings. The summed E-state index contributed by atoms with van der Waals surface area (Å²) in [5.41, 5.74) is 1.46. The Labute approximate surface area is 174 Å². The van der Waals surface area contributed by atoms with E-state index in [-0.39, 0.29) is 11.9 Å². The summed E-state index contributed by atoms with van der Waals surface area (Å²) in [6.45, 7) is 5.51. The Morgan fingerprint density at radius 1 is 0.966 bits per heavy atom. The molecule has 0 spiro atoms. The largest absolute Gasteiger partial charge is 0.496 e. The second-order valence-corrected chi connectivity index (χ2v) is 8.48. The van der Waals surface area contributed by atoms with Gasteiger partial charge in [-0.2, -0.15) is 0 Å². The van der Waals surface area contributed by atoms with Crippen molar-refractivity contribution in [1.82, 2.24) is 0 Å². The zero-order valence-corrected chi connectivity index (χ0v) is 17.6. The van der Waals surface area contributed by atoms with Gasteiger partial charge in [0.25, 0.3) is 5.91 Å². The van der Waals surface area contributed by atoms with Gasteiger partial charge in [-0.15, -0.1) is 11.3 Å². The maximum atomic E-state index is 12.6. The number of para-hydroxylation sites is 1. The van der Waals surface area contributed by atoms with Crippen molar-refractivity contribution < 1.29 is 19.1 Å². The van der Waals surface area contributed by atoms with Crippen molar-refractivity contribution in [3.8, 4) is 16.2 Å². The molecule has 0 unspecified atom stereocenters. The highest BCUT2D eigenvalue weighted by molar-refractivity contribution is 7.17. The minimum absolute atomic E-state index is 0.250. The molecular formula is C23H23NO4S. The summed E-state index contributed by atoms with van der Waals surface area (Å²) in [5, 5.41) is 2.86. The number of carbonyl (C=O) groups excluding carboxylic acids is 2. The number of methoxy groups -OCH3 is 1. The number of esters is 1. The molecule has 0 saturated carbocycles. The van der Waals surface area contributed by atoms with Gasteiger partial charge in [0, 0.05) is 10.6 Å². The van der Waals surface area contributed by atoms with Crippen LogP contribution in [0.4, 0.5) is 5.69 Å². The molecule has 3 rings (SSSR count). The average Bonchev–Trinajstić information content (AvgIpc) is 3.17. The van der Waals surface area contributed by atoms with E-state index in [1.54, 1.807) is 18.2 Å². The van der Waals surface area contributed by atoms with Crippen molar-refractivity contribution >= 4 is 28.9 Å². The Bertz CT molecular complexity index is 1020. The predicted octanol–water partition coefficient (Wildman–Crippen LogP) is 5.63. The molecule has 1 amide bonds. The van der Waals surface area contributed by atoms with E-state index in [9.17, 15) is 9.59 Å². The molecule has 0 saturated heterocycles. The Balaban J connectivity index is 1.82. The summed E-state index contributed by atoms with van der Waals surface area (Å²) >= 11 is 1.34. The summed E-state index contributed by atoms with van der Waals surface area (Å²) in [6, 6.07) is 18.2. The lowest BCUT2D eigenvalue weighted by Crippen LogP contribution is -2.23. The van der Waals surface area contributed by atoms with Crippen LogP contribution < -0.4 is 10.1 Å². The summed E-state index contributed by atoms with van der Waals surface area (Å²) < 4.78 is 10.9. The summed E-state index contributed by atoms with van der Waals surface area (Å²) in [6.07, 6.45) is 0. The lowest BCUT2D eigenvalue weighted by molar-refractivity contribution is 0.00751. The van der Waals surface area contributed by atoms with Crippen molar-refractivity contribution in [2.24, 2.45) is 0 Å². The number of benzene rings is 2. The minimum atomic E-state index is -0.543. The van der Waals surface area contributed by atoms with Crippen molar-refractivity contribution in [1.29, 1.82) is 0 Å².